The second-order valence-corrected chi connectivity index (χ2v) is 13.3. The zero-order chi connectivity index (χ0) is 40.0. The van der Waals surface area contributed by atoms with E-state index in [1.165, 1.54) is 12.8 Å². The molecule has 0 bridgehead atoms. The Labute approximate surface area is 394 Å². The number of carbonyl (C=O) groups is 4. The van der Waals surface area contributed by atoms with Crippen molar-refractivity contribution < 1.29 is 116 Å². The monoisotopic (exact) mass is 923 g/mol. The molecule has 316 valence electrons. The van der Waals surface area contributed by atoms with Crippen molar-refractivity contribution in [3.8, 4) is 0 Å². The van der Waals surface area contributed by atoms with Gasteiger partial charge in [0.2, 0.25) is 11.8 Å². The molecule has 7 N–H and O–H groups in total. The van der Waals surface area contributed by atoms with Crippen LogP contribution < -0.4 is 96.3 Å². The summed E-state index contributed by atoms with van der Waals surface area (Å²) in [7, 11) is 0. The van der Waals surface area contributed by atoms with Gasteiger partial charge >= 0.3 is 81.0 Å². The van der Waals surface area contributed by atoms with Crippen LogP contribution in [0.4, 0.5) is 4.79 Å². The van der Waals surface area contributed by atoms with Crippen LogP contribution in [-0.4, -0.2) is 127 Å². The van der Waals surface area contributed by atoms with Crippen molar-refractivity contribution in [3.05, 3.63) is 43.3 Å². The largest absolute Gasteiger partial charge is 1.00 e. The number of carbonyl (C=O) groups excluding carboxylic acids is 4. The molecular weight excluding hydrogens is 851 g/mol. The van der Waals surface area contributed by atoms with E-state index in [-0.39, 0.29) is 128 Å². The van der Waals surface area contributed by atoms with E-state index < -0.39 is 23.6 Å². The second-order valence-electron chi connectivity index (χ2n) is 12.4. The summed E-state index contributed by atoms with van der Waals surface area (Å²) in [6, 6.07) is 8.64. The maximum absolute atomic E-state index is 12.6. The fourth-order valence-corrected chi connectivity index (χ4v) is 3.76. The molecule has 0 saturated carbocycles. The van der Waals surface area contributed by atoms with Crippen LogP contribution in [0, 0.1) is 7.43 Å². The molecule has 17 heteroatoms. The molecule has 1 aromatic carbocycles. The van der Waals surface area contributed by atoms with Gasteiger partial charge in [-0.15, -0.1) is 0 Å². The molecule has 55 heavy (non-hydrogen) atoms. The van der Waals surface area contributed by atoms with Crippen molar-refractivity contribution in [2.45, 2.75) is 84.5 Å². The van der Waals surface area contributed by atoms with Crippen molar-refractivity contribution in [2.24, 2.45) is 11.5 Å². The van der Waals surface area contributed by atoms with E-state index in [4.69, 9.17) is 39.9 Å². The molecule has 3 amide bonds. The predicted molar refractivity (Wildman–Crippen MR) is 216 cm³/mol. The van der Waals surface area contributed by atoms with Crippen molar-refractivity contribution in [2.75, 3.05) is 91.5 Å². The van der Waals surface area contributed by atoms with Gasteiger partial charge in [-0.2, -0.15) is 11.8 Å². The summed E-state index contributed by atoms with van der Waals surface area (Å²) in [5.74, 6) is -1.17. The summed E-state index contributed by atoms with van der Waals surface area (Å²) < 4.78 is 32.1. The maximum atomic E-state index is 12.6. The van der Waals surface area contributed by atoms with Crippen LogP contribution in [0.25, 0.3) is 0 Å². The van der Waals surface area contributed by atoms with E-state index in [0.29, 0.717) is 65.4 Å². The molecule has 0 spiro atoms. The van der Waals surface area contributed by atoms with Gasteiger partial charge in [-0.1, -0.05) is 43.7 Å². The molecule has 0 heterocycles. The van der Waals surface area contributed by atoms with E-state index in [0.717, 1.165) is 12.1 Å². The Balaban J connectivity index is -0.00000118. The van der Waals surface area contributed by atoms with Gasteiger partial charge in [-0.05, 0) is 77.6 Å². The number of nitrogens with one attached hydrogen (secondary N) is 3. The third kappa shape index (κ3) is 45.6. The Morgan fingerprint density at radius 2 is 1.31 bits per heavy atom. The average molecular weight is 924 g/mol. The number of hydrogen-bond acceptors (Lipinski definition) is 13. The van der Waals surface area contributed by atoms with Crippen LogP contribution in [0.5, 0.6) is 0 Å². The molecular formula is C38H72CsN5O10S. The number of amides is 3. The Bertz CT molecular complexity index is 1040. The van der Waals surface area contributed by atoms with Gasteiger partial charge in [0.25, 0.3) is 0 Å². The molecule has 0 aliphatic rings. The average Bonchev–Trinajstić information content (AvgIpc) is 3.11. The first kappa shape index (κ1) is 60.7. The van der Waals surface area contributed by atoms with Crippen LogP contribution in [0.3, 0.4) is 0 Å². The number of ether oxygens (including phenoxy) is 6. The Morgan fingerprint density at radius 3 is 1.80 bits per heavy atom. The quantitative estimate of drug-likeness (QED) is 0.0466. The minimum Gasteiger partial charge on any atom is -0.461 e. The molecule has 1 aromatic rings. The molecule has 0 saturated heterocycles. The van der Waals surface area contributed by atoms with Gasteiger partial charge in [0, 0.05) is 6.54 Å². The molecule has 0 aliphatic heterocycles. The first-order chi connectivity index (χ1) is 25.4. The molecule has 0 fully saturated rings. The second kappa shape index (κ2) is 44.2. The molecule has 0 radical (unpaired) electrons. The van der Waals surface area contributed by atoms with E-state index in [1.54, 1.807) is 32.5 Å². The van der Waals surface area contributed by atoms with Gasteiger partial charge in [0.05, 0.1) is 65.8 Å². The van der Waals surface area contributed by atoms with E-state index in [1.807, 2.05) is 42.8 Å². The SMILES string of the molecule is CC(C)(C)OC(=O)NC(CCCCN)C(=O)NCC(=O)NCCOCCOCCOCCOCCC(=O)OCc1ccccc1.CCCCN.CSC.[CH3-].[Cs+]. The Kier molecular flexibility index (Phi) is 48.8. The summed E-state index contributed by atoms with van der Waals surface area (Å²) in [6.45, 7) is 11.7. The smallest absolute Gasteiger partial charge is 0.461 e. The predicted octanol–water partition coefficient (Wildman–Crippen LogP) is 0.620. The van der Waals surface area contributed by atoms with Crippen molar-refractivity contribution in [1.29, 1.82) is 0 Å². The zero-order valence-electron chi connectivity index (χ0n) is 35.0. The van der Waals surface area contributed by atoms with Crippen LogP contribution in [0.1, 0.15) is 71.8 Å². The van der Waals surface area contributed by atoms with Crippen molar-refractivity contribution in [1.82, 2.24) is 16.0 Å². The number of nitrogens with two attached hydrogens (primary N) is 2. The van der Waals surface area contributed by atoms with Crippen LogP contribution in [0.2, 0.25) is 0 Å². The van der Waals surface area contributed by atoms with E-state index in [9.17, 15) is 19.2 Å². The maximum Gasteiger partial charge on any atom is 1.00 e. The Morgan fingerprint density at radius 1 is 0.782 bits per heavy atom. The van der Waals surface area contributed by atoms with Crippen LogP contribution >= 0.6 is 11.8 Å². The van der Waals surface area contributed by atoms with Gasteiger partial charge < -0.3 is 63.3 Å². The molecule has 15 nitrogen and oxygen atoms in total. The summed E-state index contributed by atoms with van der Waals surface area (Å²) in [5, 5.41) is 7.75. The summed E-state index contributed by atoms with van der Waals surface area (Å²) >= 11 is 1.75. The molecule has 0 aromatic heterocycles. The van der Waals surface area contributed by atoms with Crippen LogP contribution in [0.15, 0.2) is 30.3 Å². The third-order valence-corrected chi connectivity index (χ3v) is 6.31. The normalized spacial score (nSPS) is 10.8. The molecule has 0 aliphatic carbocycles. The number of thioether (sulfide) groups is 1. The van der Waals surface area contributed by atoms with Gasteiger partial charge in [0.1, 0.15) is 18.2 Å². The minimum absolute atomic E-state index is 0. The minimum atomic E-state index is -0.839. The fraction of sp³-hybridized carbons (Fsp3) is 0.711. The third-order valence-electron chi connectivity index (χ3n) is 6.31. The van der Waals surface area contributed by atoms with Gasteiger partial charge in [-0.25, -0.2) is 4.79 Å². The van der Waals surface area contributed by atoms with E-state index >= 15 is 0 Å². The molecule has 1 atom stereocenters. The van der Waals surface area contributed by atoms with E-state index in [2.05, 4.69) is 22.9 Å². The number of rotatable bonds is 27. The number of unbranched alkanes of at least 4 members (excludes halogenated alkanes) is 2. The Hall–Kier alpha value is -0.938. The summed E-state index contributed by atoms with van der Waals surface area (Å²) in [6.07, 6.45) is 7.66. The number of benzene rings is 1. The standard InChI is InChI=1S/C31H52N4O10.C4H11N.C2H6S.CH3.Cs/c1-31(2,3)45-30(39)35-26(11-7-8-13-32)29(38)34-23-27(36)33-14-16-41-18-20-43-22-21-42-19-17-40-15-12-28(37)44-24-25-9-5-4-6-10-25;1-2-3-4-5;1-3-2;;/h4-6,9-10,26H,7-8,11-24,32H2,1-3H3,(H,33,36)(H,34,38)(H,35,39);2-5H2,1H3;1-2H3;1H3;/q;;;-1;+1. The first-order valence-electron chi connectivity index (χ1n) is 18.3. The van der Waals surface area contributed by atoms with Crippen molar-refractivity contribution in [3.63, 3.8) is 0 Å². The zero-order valence-corrected chi connectivity index (χ0v) is 42.1. The number of hydrogen-bond donors (Lipinski definition) is 5. The summed E-state index contributed by atoms with van der Waals surface area (Å²) in [4.78, 5) is 48.5. The van der Waals surface area contributed by atoms with Gasteiger partial charge in [-0.3, -0.25) is 14.4 Å². The number of alkyl carbamates (subject to hydrolysis) is 1. The fourth-order valence-electron chi connectivity index (χ4n) is 3.76. The van der Waals surface area contributed by atoms with Gasteiger partial charge in [0.15, 0.2) is 0 Å². The number of esters is 1. The summed E-state index contributed by atoms with van der Waals surface area (Å²) in [5.41, 5.74) is 10.9. The first-order valence-corrected chi connectivity index (χ1v) is 19.9. The van der Waals surface area contributed by atoms with Crippen LogP contribution in [-0.2, 0) is 49.4 Å². The molecule has 1 unspecified atom stereocenters. The topological polar surface area (TPSA) is 212 Å². The molecule has 1 rings (SSSR count). The van der Waals surface area contributed by atoms with Crippen molar-refractivity contribution >= 4 is 35.6 Å².